The number of aryl methyl sites for hydroxylation is 1. The summed E-state index contributed by atoms with van der Waals surface area (Å²) in [6.07, 6.45) is 3.16. The third-order valence-corrected chi connectivity index (χ3v) is 2.73. The van der Waals surface area contributed by atoms with Crippen molar-refractivity contribution in [1.29, 1.82) is 0 Å². The normalized spacial score (nSPS) is 10.4. The van der Waals surface area contributed by atoms with Crippen LogP contribution in [0.25, 0.3) is 0 Å². The summed E-state index contributed by atoms with van der Waals surface area (Å²) in [5, 5.41) is 12.1. The molecule has 0 aliphatic heterocycles. The second-order valence-corrected chi connectivity index (χ2v) is 4.38. The van der Waals surface area contributed by atoms with Crippen molar-refractivity contribution in [2.45, 2.75) is 33.1 Å². The first-order valence-electron chi connectivity index (χ1n) is 6.67. The van der Waals surface area contributed by atoms with Gasteiger partial charge in [0.2, 0.25) is 0 Å². The number of carboxylic acids is 1. The van der Waals surface area contributed by atoms with Gasteiger partial charge in [0.15, 0.2) is 0 Å². The number of aromatic carboxylic acids is 1. The van der Waals surface area contributed by atoms with E-state index >= 15 is 0 Å². The number of carbonyl (C=O) groups is 1. The first kappa shape index (κ1) is 15.4. The van der Waals surface area contributed by atoms with E-state index in [4.69, 9.17) is 9.84 Å². The van der Waals surface area contributed by atoms with Crippen LogP contribution in [0.3, 0.4) is 0 Å². The zero-order valence-electron chi connectivity index (χ0n) is 11.6. The number of anilines is 1. The molecule has 0 unspecified atom stereocenters. The van der Waals surface area contributed by atoms with E-state index in [9.17, 15) is 4.79 Å². The molecule has 0 saturated heterocycles. The highest BCUT2D eigenvalue weighted by Crippen LogP contribution is 2.10. The maximum atomic E-state index is 10.8. The molecule has 5 heteroatoms. The van der Waals surface area contributed by atoms with Gasteiger partial charge in [0.25, 0.3) is 0 Å². The molecule has 0 radical (unpaired) electrons. The Morgan fingerprint density at radius 2 is 2.11 bits per heavy atom. The lowest BCUT2D eigenvalue weighted by Gasteiger charge is -2.08. The standard InChI is InChI=1S/C14H22N2O3/c1-3-4-9-19-10-5-8-15-13-7-6-12(14(17)18)11(2)16-13/h6-7H,3-5,8-10H2,1-2H3,(H,15,16)(H,17,18). The zero-order chi connectivity index (χ0) is 14.1. The molecule has 2 N–H and O–H groups in total. The van der Waals surface area contributed by atoms with Gasteiger partial charge in [-0.2, -0.15) is 0 Å². The fourth-order valence-corrected chi connectivity index (χ4v) is 1.62. The number of nitrogens with one attached hydrogen (secondary N) is 1. The molecule has 0 aliphatic rings. The number of aromatic nitrogens is 1. The summed E-state index contributed by atoms with van der Waals surface area (Å²) in [5.74, 6) is -0.239. The third kappa shape index (κ3) is 5.70. The lowest BCUT2D eigenvalue weighted by Crippen LogP contribution is -2.09. The van der Waals surface area contributed by atoms with Gasteiger partial charge < -0.3 is 15.2 Å². The molecule has 0 bridgehead atoms. The van der Waals surface area contributed by atoms with Crippen molar-refractivity contribution < 1.29 is 14.6 Å². The minimum Gasteiger partial charge on any atom is -0.478 e. The molecule has 1 aromatic heterocycles. The van der Waals surface area contributed by atoms with Crippen LogP contribution in [0.5, 0.6) is 0 Å². The number of hydrogen-bond donors (Lipinski definition) is 2. The molecule has 0 atom stereocenters. The molecule has 0 amide bonds. The Bertz CT molecular complexity index is 408. The summed E-state index contributed by atoms with van der Waals surface area (Å²) < 4.78 is 5.45. The Balaban J connectivity index is 2.26. The summed E-state index contributed by atoms with van der Waals surface area (Å²) in [6, 6.07) is 3.26. The smallest absolute Gasteiger partial charge is 0.337 e. The molecule has 106 valence electrons. The van der Waals surface area contributed by atoms with Crippen molar-refractivity contribution in [2.24, 2.45) is 0 Å². The second-order valence-electron chi connectivity index (χ2n) is 4.38. The van der Waals surface area contributed by atoms with Crippen LogP contribution in [0.1, 0.15) is 42.2 Å². The SMILES string of the molecule is CCCCOCCCNc1ccc(C(=O)O)c(C)n1. The number of hydrogen-bond acceptors (Lipinski definition) is 4. The Hall–Kier alpha value is -1.62. The largest absolute Gasteiger partial charge is 0.478 e. The zero-order valence-corrected chi connectivity index (χ0v) is 11.6. The summed E-state index contributed by atoms with van der Waals surface area (Å²) in [6.45, 7) is 6.16. The van der Waals surface area contributed by atoms with Gasteiger partial charge in [-0.3, -0.25) is 0 Å². The summed E-state index contributed by atoms with van der Waals surface area (Å²) in [5.41, 5.74) is 0.769. The second kappa shape index (κ2) is 8.48. The van der Waals surface area contributed by atoms with Crippen LogP contribution >= 0.6 is 0 Å². The van der Waals surface area contributed by atoms with E-state index in [1.165, 1.54) is 0 Å². The van der Waals surface area contributed by atoms with Crippen LogP contribution in [0.4, 0.5) is 5.82 Å². The maximum absolute atomic E-state index is 10.8. The average Bonchev–Trinajstić information content (AvgIpc) is 2.37. The molecule has 0 saturated carbocycles. The molecular formula is C14H22N2O3. The lowest BCUT2D eigenvalue weighted by atomic mass is 10.2. The minimum absolute atomic E-state index is 0.244. The Morgan fingerprint density at radius 1 is 1.37 bits per heavy atom. The van der Waals surface area contributed by atoms with E-state index in [2.05, 4.69) is 17.2 Å². The van der Waals surface area contributed by atoms with Gasteiger partial charge in [0.05, 0.1) is 11.3 Å². The number of ether oxygens (including phenoxy) is 1. The highest BCUT2D eigenvalue weighted by molar-refractivity contribution is 5.89. The topological polar surface area (TPSA) is 71.5 Å². The average molecular weight is 266 g/mol. The number of unbranched alkanes of at least 4 members (excludes halogenated alkanes) is 1. The van der Waals surface area contributed by atoms with Crippen molar-refractivity contribution in [3.63, 3.8) is 0 Å². The Morgan fingerprint density at radius 3 is 2.74 bits per heavy atom. The molecule has 1 rings (SSSR count). The van der Waals surface area contributed by atoms with Gasteiger partial charge in [-0.05, 0) is 31.9 Å². The van der Waals surface area contributed by atoms with E-state index < -0.39 is 5.97 Å². The van der Waals surface area contributed by atoms with Crippen LogP contribution in [-0.2, 0) is 4.74 Å². The van der Waals surface area contributed by atoms with Crippen molar-refractivity contribution >= 4 is 11.8 Å². The molecular weight excluding hydrogens is 244 g/mol. The van der Waals surface area contributed by atoms with Gasteiger partial charge in [0, 0.05) is 19.8 Å². The van der Waals surface area contributed by atoms with Crippen molar-refractivity contribution in [2.75, 3.05) is 25.1 Å². The first-order valence-corrected chi connectivity index (χ1v) is 6.67. The first-order chi connectivity index (χ1) is 9.15. The molecule has 0 aliphatic carbocycles. The van der Waals surface area contributed by atoms with Crippen molar-refractivity contribution in [3.05, 3.63) is 23.4 Å². The van der Waals surface area contributed by atoms with Crippen LogP contribution in [0, 0.1) is 6.92 Å². The summed E-state index contributed by atoms with van der Waals surface area (Å²) >= 11 is 0. The van der Waals surface area contributed by atoms with Gasteiger partial charge in [-0.15, -0.1) is 0 Å². The minimum atomic E-state index is -0.944. The Kier molecular flexibility index (Phi) is 6.89. The van der Waals surface area contributed by atoms with Crippen molar-refractivity contribution in [3.8, 4) is 0 Å². The molecule has 5 nitrogen and oxygen atoms in total. The third-order valence-electron chi connectivity index (χ3n) is 2.73. The number of pyridine rings is 1. The van der Waals surface area contributed by atoms with Crippen molar-refractivity contribution in [1.82, 2.24) is 4.98 Å². The van der Waals surface area contributed by atoms with Gasteiger partial charge >= 0.3 is 5.97 Å². The van der Waals surface area contributed by atoms with E-state index in [0.717, 1.165) is 39.0 Å². The molecule has 1 heterocycles. The lowest BCUT2D eigenvalue weighted by molar-refractivity contribution is 0.0695. The van der Waals surface area contributed by atoms with Gasteiger partial charge in [-0.1, -0.05) is 13.3 Å². The maximum Gasteiger partial charge on any atom is 0.337 e. The number of rotatable bonds is 9. The highest BCUT2D eigenvalue weighted by atomic mass is 16.5. The number of nitrogens with zero attached hydrogens (tertiary/aromatic N) is 1. The monoisotopic (exact) mass is 266 g/mol. The van der Waals surface area contributed by atoms with Gasteiger partial charge in [0.1, 0.15) is 5.82 Å². The molecule has 1 aromatic rings. The van der Waals surface area contributed by atoms with Crippen LogP contribution in [0.2, 0.25) is 0 Å². The van der Waals surface area contributed by atoms with E-state index in [-0.39, 0.29) is 5.56 Å². The van der Waals surface area contributed by atoms with Crippen LogP contribution < -0.4 is 5.32 Å². The van der Waals surface area contributed by atoms with E-state index in [1.807, 2.05) is 0 Å². The fraction of sp³-hybridized carbons (Fsp3) is 0.571. The quantitative estimate of drug-likeness (QED) is 0.672. The molecule has 0 spiro atoms. The number of carboxylic acid groups (broad SMARTS) is 1. The predicted octanol–water partition coefficient (Wildman–Crippen LogP) is 2.71. The Labute approximate surface area is 114 Å². The predicted molar refractivity (Wildman–Crippen MR) is 74.8 cm³/mol. The fourth-order valence-electron chi connectivity index (χ4n) is 1.62. The summed E-state index contributed by atoms with van der Waals surface area (Å²) in [7, 11) is 0. The van der Waals surface area contributed by atoms with Crippen LogP contribution in [0.15, 0.2) is 12.1 Å². The summed E-state index contributed by atoms with van der Waals surface area (Å²) in [4.78, 5) is 15.1. The van der Waals surface area contributed by atoms with Crippen LogP contribution in [-0.4, -0.2) is 35.8 Å². The molecule has 0 aromatic carbocycles. The molecule has 19 heavy (non-hydrogen) atoms. The van der Waals surface area contributed by atoms with Gasteiger partial charge in [-0.25, -0.2) is 9.78 Å². The molecule has 0 fully saturated rings. The van der Waals surface area contributed by atoms with E-state index in [0.29, 0.717) is 11.5 Å². The van der Waals surface area contributed by atoms with E-state index in [1.54, 1.807) is 19.1 Å². The highest BCUT2D eigenvalue weighted by Gasteiger charge is 2.08.